The van der Waals surface area contributed by atoms with E-state index in [1.807, 2.05) is 25.7 Å². The van der Waals surface area contributed by atoms with Gasteiger partial charge in [-0.05, 0) is 43.9 Å². The van der Waals surface area contributed by atoms with E-state index in [0.29, 0.717) is 24.3 Å². The lowest BCUT2D eigenvalue weighted by atomic mass is 9.95. The van der Waals surface area contributed by atoms with Gasteiger partial charge in [-0.25, -0.2) is 0 Å². The molecule has 2 N–H and O–H groups in total. The van der Waals surface area contributed by atoms with E-state index < -0.39 is 5.41 Å². The van der Waals surface area contributed by atoms with Gasteiger partial charge in [-0.15, -0.1) is 0 Å². The molecule has 0 aromatic heterocycles. The second kappa shape index (κ2) is 7.71. The SMILES string of the molecule is CC(C)(C)C(=O)Nc1cccc(C(=O)NC2CCN(C(=O)C3CC3)CC2)c1. The third-order valence-electron chi connectivity index (χ3n) is 5.13. The van der Waals surface area contributed by atoms with Crippen molar-refractivity contribution in [3.63, 3.8) is 0 Å². The monoisotopic (exact) mass is 371 g/mol. The minimum absolute atomic E-state index is 0.0774. The smallest absolute Gasteiger partial charge is 0.251 e. The summed E-state index contributed by atoms with van der Waals surface area (Å²) in [6.07, 6.45) is 3.62. The molecule has 0 unspecified atom stereocenters. The minimum Gasteiger partial charge on any atom is -0.349 e. The molecule has 146 valence electrons. The lowest BCUT2D eigenvalue weighted by molar-refractivity contribution is -0.133. The van der Waals surface area contributed by atoms with Gasteiger partial charge in [0.05, 0.1) is 0 Å². The maximum atomic E-state index is 12.6. The van der Waals surface area contributed by atoms with Gasteiger partial charge in [0.15, 0.2) is 0 Å². The zero-order valence-corrected chi connectivity index (χ0v) is 16.4. The fourth-order valence-corrected chi connectivity index (χ4v) is 3.16. The Morgan fingerprint density at radius 1 is 1.04 bits per heavy atom. The minimum atomic E-state index is -0.496. The normalized spacial score (nSPS) is 18.1. The molecule has 1 aliphatic heterocycles. The van der Waals surface area contributed by atoms with Gasteiger partial charge in [-0.3, -0.25) is 14.4 Å². The second-order valence-electron chi connectivity index (χ2n) is 8.63. The van der Waals surface area contributed by atoms with Crippen LogP contribution in [0.15, 0.2) is 24.3 Å². The third-order valence-corrected chi connectivity index (χ3v) is 5.13. The maximum absolute atomic E-state index is 12.6. The van der Waals surface area contributed by atoms with Crippen LogP contribution in [0.25, 0.3) is 0 Å². The first-order valence-corrected chi connectivity index (χ1v) is 9.75. The van der Waals surface area contributed by atoms with Crippen molar-refractivity contribution in [1.82, 2.24) is 10.2 Å². The number of anilines is 1. The summed E-state index contributed by atoms with van der Waals surface area (Å²) >= 11 is 0. The molecule has 3 rings (SSSR count). The largest absolute Gasteiger partial charge is 0.349 e. The molecular formula is C21H29N3O3. The van der Waals surface area contributed by atoms with Gasteiger partial charge >= 0.3 is 0 Å². The van der Waals surface area contributed by atoms with Crippen molar-refractivity contribution in [2.45, 2.75) is 52.5 Å². The average molecular weight is 371 g/mol. The van der Waals surface area contributed by atoms with Crippen LogP contribution in [0, 0.1) is 11.3 Å². The van der Waals surface area contributed by atoms with Crippen LogP contribution in [-0.4, -0.2) is 41.8 Å². The predicted molar refractivity (Wildman–Crippen MR) is 104 cm³/mol. The Hall–Kier alpha value is -2.37. The van der Waals surface area contributed by atoms with Crippen LogP contribution >= 0.6 is 0 Å². The van der Waals surface area contributed by atoms with Crippen LogP contribution in [0.3, 0.4) is 0 Å². The first kappa shape index (κ1) is 19.4. The Labute approximate surface area is 160 Å². The first-order valence-electron chi connectivity index (χ1n) is 9.75. The molecule has 1 aromatic rings. The van der Waals surface area contributed by atoms with Crippen molar-refractivity contribution in [2.75, 3.05) is 18.4 Å². The summed E-state index contributed by atoms with van der Waals surface area (Å²) in [6.45, 7) is 6.96. The van der Waals surface area contributed by atoms with Crippen LogP contribution in [0.4, 0.5) is 5.69 Å². The fraction of sp³-hybridized carbons (Fsp3) is 0.571. The van der Waals surface area contributed by atoms with Gasteiger partial charge < -0.3 is 15.5 Å². The molecule has 0 atom stereocenters. The molecule has 0 bridgehead atoms. The van der Waals surface area contributed by atoms with Crippen LogP contribution in [0.1, 0.15) is 56.8 Å². The van der Waals surface area contributed by atoms with Gasteiger partial charge in [0.25, 0.3) is 5.91 Å². The summed E-state index contributed by atoms with van der Waals surface area (Å²) < 4.78 is 0. The van der Waals surface area contributed by atoms with Gasteiger partial charge in [0, 0.05) is 41.7 Å². The summed E-state index contributed by atoms with van der Waals surface area (Å²) in [7, 11) is 0. The molecule has 3 amide bonds. The van der Waals surface area contributed by atoms with Crippen LogP contribution in [-0.2, 0) is 9.59 Å². The van der Waals surface area contributed by atoms with Crippen molar-refractivity contribution in [2.24, 2.45) is 11.3 Å². The van der Waals surface area contributed by atoms with Crippen molar-refractivity contribution in [3.8, 4) is 0 Å². The maximum Gasteiger partial charge on any atom is 0.251 e. The Morgan fingerprint density at radius 2 is 1.70 bits per heavy atom. The molecule has 0 spiro atoms. The number of carbonyl (C=O) groups is 3. The number of rotatable bonds is 4. The molecule has 2 aliphatic rings. The highest BCUT2D eigenvalue weighted by Gasteiger charge is 2.35. The Balaban J connectivity index is 1.53. The van der Waals surface area contributed by atoms with E-state index in [4.69, 9.17) is 0 Å². The highest BCUT2D eigenvalue weighted by Crippen LogP contribution is 2.32. The number of piperidine rings is 1. The highest BCUT2D eigenvalue weighted by atomic mass is 16.2. The van der Waals surface area contributed by atoms with E-state index >= 15 is 0 Å². The second-order valence-corrected chi connectivity index (χ2v) is 8.63. The number of benzene rings is 1. The molecule has 0 radical (unpaired) electrons. The summed E-state index contributed by atoms with van der Waals surface area (Å²) in [5.41, 5.74) is 0.648. The molecule has 27 heavy (non-hydrogen) atoms. The van der Waals surface area contributed by atoms with E-state index in [2.05, 4.69) is 10.6 Å². The predicted octanol–water partition coefficient (Wildman–Crippen LogP) is 2.80. The van der Waals surface area contributed by atoms with E-state index in [1.54, 1.807) is 24.3 Å². The Morgan fingerprint density at radius 3 is 2.30 bits per heavy atom. The van der Waals surface area contributed by atoms with Crippen LogP contribution < -0.4 is 10.6 Å². The Kier molecular flexibility index (Phi) is 5.53. The lowest BCUT2D eigenvalue weighted by Gasteiger charge is -2.32. The molecule has 1 heterocycles. The number of carbonyl (C=O) groups excluding carboxylic acids is 3. The van der Waals surface area contributed by atoms with Crippen LogP contribution in [0.5, 0.6) is 0 Å². The number of hydrogen-bond donors (Lipinski definition) is 2. The van der Waals surface area contributed by atoms with Crippen LogP contribution in [0.2, 0.25) is 0 Å². The average Bonchev–Trinajstić information content (AvgIpc) is 3.46. The quantitative estimate of drug-likeness (QED) is 0.854. The summed E-state index contributed by atoms with van der Waals surface area (Å²) in [5, 5.41) is 5.91. The third kappa shape index (κ3) is 5.08. The van der Waals surface area contributed by atoms with Gasteiger partial charge in [0.2, 0.25) is 11.8 Å². The van der Waals surface area contributed by atoms with Crippen molar-refractivity contribution >= 4 is 23.4 Å². The van der Waals surface area contributed by atoms with Crippen molar-refractivity contribution in [3.05, 3.63) is 29.8 Å². The standard InChI is InChI=1S/C21H29N3O3/c1-21(2,3)20(27)23-17-6-4-5-15(13-17)18(25)22-16-9-11-24(12-10-16)19(26)14-7-8-14/h4-6,13-14,16H,7-12H2,1-3H3,(H,22,25)(H,23,27). The molecule has 1 aliphatic carbocycles. The first-order chi connectivity index (χ1) is 12.7. The molecule has 1 saturated carbocycles. The molecule has 6 heteroatoms. The summed E-state index contributed by atoms with van der Waals surface area (Å²) in [6, 6.07) is 7.07. The summed E-state index contributed by atoms with van der Waals surface area (Å²) in [5.74, 6) is 0.297. The highest BCUT2D eigenvalue weighted by molar-refractivity contribution is 5.98. The number of hydrogen-bond acceptors (Lipinski definition) is 3. The molecule has 1 saturated heterocycles. The topological polar surface area (TPSA) is 78.5 Å². The van der Waals surface area contributed by atoms with E-state index in [1.165, 1.54) is 0 Å². The number of likely N-dealkylation sites (tertiary alicyclic amines) is 1. The van der Waals surface area contributed by atoms with Gasteiger partial charge in [-0.1, -0.05) is 26.8 Å². The molecule has 1 aromatic carbocycles. The zero-order chi connectivity index (χ0) is 19.6. The number of nitrogens with one attached hydrogen (secondary N) is 2. The van der Waals surface area contributed by atoms with Gasteiger partial charge in [0.1, 0.15) is 0 Å². The summed E-state index contributed by atoms with van der Waals surface area (Å²) in [4.78, 5) is 38.7. The molecular weight excluding hydrogens is 342 g/mol. The van der Waals surface area contributed by atoms with Gasteiger partial charge in [-0.2, -0.15) is 0 Å². The Bertz CT molecular complexity index is 726. The molecule has 2 fully saturated rings. The zero-order valence-electron chi connectivity index (χ0n) is 16.4. The number of amides is 3. The van der Waals surface area contributed by atoms with Crippen molar-refractivity contribution < 1.29 is 14.4 Å². The lowest BCUT2D eigenvalue weighted by Crippen LogP contribution is -2.47. The molecule has 6 nitrogen and oxygen atoms in total. The van der Waals surface area contributed by atoms with E-state index in [-0.39, 0.29) is 29.7 Å². The van der Waals surface area contributed by atoms with E-state index in [9.17, 15) is 14.4 Å². The fourth-order valence-electron chi connectivity index (χ4n) is 3.16. The number of nitrogens with zero attached hydrogens (tertiary/aromatic N) is 1. The van der Waals surface area contributed by atoms with Crippen molar-refractivity contribution in [1.29, 1.82) is 0 Å². The van der Waals surface area contributed by atoms with E-state index in [0.717, 1.165) is 25.7 Å².